The Hall–Kier alpha value is -2.42. The van der Waals surface area contributed by atoms with E-state index in [-0.39, 0.29) is 25.0 Å². The molecule has 4 heterocycles. The maximum absolute atomic E-state index is 13.4. The Bertz CT molecular complexity index is 952. The van der Waals surface area contributed by atoms with Gasteiger partial charge in [0.25, 0.3) is 11.8 Å². The van der Waals surface area contributed by atoms with Crippen molar-refractivity contribution in [2.75, 3.05) is 21.0 Å². The highest BCUT2D eigenvalue weighted by molar-refractivity contribution is 8.04. The second-order valence-electron chi connectivity index (χ2n) is 8.01. The lowest BCUT2D eigenvalue weighted by atomic mass is 9.78. The van der Waals surface area contributed by atoms with E-state index in [9.17, 15) is 14.4 Å². The van der Waals surface area contributed by atoms with Gasteiger partial charge in [-0.2, -0.15) is 0 Å². The molecule has 9 heteroatoms. The van der Waals surface area contributed by atoms with Crippen molar-refractivity contribution in [1.29, 1.82) is 0 Å². The maximum atomic E-state index is 13.4. The van der Waals surface area contributed by atoms with Gasteiger partial charge in [-0.1, -0.05) is 17.8 Å². The van der Waals surface area contributed by atoms with Crippen molar-refractivity contribution in [1.82, 2.24) is 9.80 Å². The molecule has 1 spiro atoms. The van der Waals surface area contributed by atoms with Crippen LogP contribution in [0.4, 0.5) is 0 Å². The van der Waals surface area contributed by atoms with Crippen molar-refractivity contribution in [2.45, 2.75) is 36.1 Å². The molecular formula is C19H20N2O6S. The predicted molar refractivity (Wildman–Crippen MR) is 98.4 cm³/mol. The summed E-state index contributed by atoms with van der Waals surface area (Å²) in [6.45, 7) is 3.65. The molecule has 0 N–H and O–H groups in total. The molecular weight excluding hydrogens is 384 g/mol. The number of methoxy groups -OCH3 is 1. The number of amides is 2. The van der Waals surface area contributed by atoms with Crippen molar-refractivity contribution in [3.05, 3.63) is 23.8 Å². The maximum Gasteiger partial charge on any atom is 0.314 e. The smallest absolute Gasteiger partial charge is 0.314 e. The fraction of sp³-hybridized carbons (Fsp3) is 0.526. The SMILES string of the molecule is COC(=O)[C@@]1(C)C[C@@]23S[C@@](C)(C(=O)N2[C@H]1c1ccc2c(c1)OCO2)N(C)C3=O. The van der Waals surface area contributed by atoms with Crippen LogP contribution in [0.3, 0.4) is 0 Å². The van der Waals surface area contributed by atoms with Crippen LogP contribution in [0.15, 0.2) is 18.2 Å². The molecule has 5 rings (SSSR count). The number of hydrogen-bond donors (Lipinski definition) is 0. The molecule has 1 aromatic rings. The van der Waals surface area contributed by atoms with Gasteiger partial charge in [-0.15, -0.1) is 0 Å². The van der Waals surface area contributed by atoms with E-state index >= 15 is 0 Å². The summed E-state index contributed by atoms with van der Waals surface area (Å²) >= 11 is 1.32. The van der Waals surface area contributed by atoms with Crippen molar-refractivity contribution in [3.63, 3.8) is 0 Å². The fourth-order valence-corrected chi connectivity index (χ4v) is 6.99. The van der Waals surface area contributed by atoms with Gasteiger partial charge in [0.1, 0.15) is 0 Å². The van der Waals surface area contributed by atoms with Crippen LogP contribution in [-0.4, -0.2) is 58.3 Å². The monoisotopic (exact) mass is 404 g/mol. The Morgan fingerprint density at radius 2 is 1.93 bits per heavy atom. The lowest BCUT2D eigenvalue weighted by molar-refractivity contribution is -0.160. The van der Waals surface area contributed by atoms with E-state index in [2.05, 4.69) is 0 Å². The zero-order valence-corrected chi connectivity index (χ0v) is 16.8. The normalized spacial score (nSPS) is 37.6. The third kappa shape index (κ3) is 1.76. The molecule has 0 aliphatic carbocycles. The van der Waals surface area contributed by atoms with E-state index in [1.165, 1.54) is 23.8 Å². The molecule has 3 saturated heterocycles. The lowest BCUT2D eigenvalue weighted by Crippen LogP contribution is -2.60. The molecule has 0 radical (unpaired) electrons. The number of carbonyl (C=O) groups is 3. The quantitative estimate of drug-likeness (QED) is 0.691. The van der Waals surface area contributed by atoms with Crippen molar-refractivity contribution >= 4 is 29.5 Å². The predicted octanol–water partition coefficient (Wildman–Crippen LogP) is 1.50. The zero-order chi connectivity index (χ0) is 20.1. The number of carbonyl (C=O) groups excluding carboxylic acids is 3. The van der Waals surface area contributed by atoms with Crippen molar-refractivity contribution in [3.8, 4) is 11.5 Å². The van der Waals surface area contributed by atoms with Crippen LogP contribution in [0, 0.1) is 5.41 Å². The van der Waals surface area contributed by atoms with Crippen molar-refractivity contribution < 1.29 is 28.6 Å². The molecule has 4 atom stereocenters. The fourth-order valence-electron chi connectivity index (χ4n) is 5.04. The van der Waals surface area contributed by atoms with E-state index in [0.29, 0.717) is 11.5 Å². The van der Waals surface area contributed by atoms with Crippen molar-refractivity contribution in [2.24, 2.45) is 5.41 Å². The number of piperazine rings is 1. The molecule has 148 valence electrons. The first kappa shape index (κ1) is 17.7. The average molecular weight is 404 g/mol. The topological polar surface area (TPSA) is 85.4 Å². The number of thioether (sulfide) groups is 1. The lowest BCUT2D eigenvalue weighted by Gasteiger charge is -2.40. The van der Waals surface area contributed by atoms with Gasteiger partial charge in [0.2, 0.25) is 6.79 Å². The van der Waals surface area contributed by atoms with Crippen LogP contribution >= 0.6 is 11.8 Å². The molecule has 4 aliphatic rings. The number of rotatable bonds is 2. The first-order chi connectivity index (χ1) is 13.2. The number of hydrogen-bond acceptors (Lipinski definition) is 7. The summed E-state index contributed by atoms with van der Waals surface area (Å²) in [7, 11) is 2.97. The van der Waals surface area contributed by atoms with Crippen LogP contribution in [0.5, 0.6) is 11.5 Å². The minimum absolute atomic E-state index is 0.126. The number of benzene rings is 1. The summed E-state index contributed by atoms with van der Waals surface area (Å²) in [5, 5.41) is 0. The number of ether oxygens (including phenoxy) is 3. The number of fused-ring (bicyclic) bond motifs is 2. The summed E-state index contributed by atoms with van der Waals surface area (Å²) in [5.74, 6) is 0.400. The van der Waals surface area contributed by atoms with E-state index in [1.54, 1.807) is 37.9 Å². The summed E-state index contributed by atoms with van der Waals surface area (Å²) in [4.78, 5) is 40.5. The molecule has 0 aromatic heterocycles. The summed E-state index contributed by atoms with van der Waals surface area (Å²) < 4.78 is 16.0. The molecule has 2 amide bonds. The largest absolute Gasteiger partial charge is 0.469 e. The van der Waals surface area contributed by atoms with Gasteiger partial charge >= 0.3 is 5.97 Å². The molecule has 1 aromatic carbocycles. The van der Waals surface area contributed by atoms with E-state index in [1.807, 2.05) is 6.07 Å². The van der Waals surface area contributed by atoms with Gasteiger partial charge in [-0.05, 0) is 31.5 Å². The summed E-state index contributed by atoms with van der Waals surface area (Å²) in [6, 6.07) is 4.73. The molecule has 28 heavy (non-hydrogen) atoms. The van der Waals surface area contributed by atoms with Crippen LogP contribution in [-0.2, 0) is 19.1 Å². The Labute approximate surface area is 166 Å². The second kappa shape index (κ2) is 5.14. The molecule has 8 nitrogen and oxygen atoms in total. The van der Waals surface area contributed by atoms with Crippen LogP contribution in [0.25, 0.3) is 0 Å². The Morgan fingerprint density at radius 1 is 1.21 bits per heavy atom. The highest BCUT2D eigenvalue weighted by Gasteiger charge is 2.79. The molecule has 2 bridgehead atoms. The standard InChI is InChI=1S/C19H20N2O6S/c1-17(16(24)25-4)8-19-15(23)20(3)18(2,28-19)14(22)21(19)13(17)10-5-6-11-12(7-10)27-9-26-11/h5-7,13H,8-9H2,1-4H3/t13-,17-,18-,19-/m0/s1. The number of esters is 1. The first-order valence-electron chi connectivity index (χ1n) is 8.99. The zero-order valence-electron chi connectivity index (χ0n) is 16.0. The average Bonchev–Trinajstić information content (AvgIpc) is 3.34. The van der Waals surface area contributed by atoms with E-state index in [4.69, 9.17) is 14.2 Å². The minimum Gasteiger partial charge on any atom is -0.469 e. The van der Waals surface area contributed by atoms with Crippen LogP contribution in [0.1, 0.15) is 31.9 Å². The van der Waals surface area contributed by atoms with Crippen LogP contribution in [0.2, 0.25) is 0 Å². The minimum atomic E-state index is -1.11. The molecule has 3 fully saturated rings. The van der Waals surface area contributed by atoms with Gasteiger partial charge in [0.05, 0.1) is 18.6 Å². The third-order valence-electron chi connectivity index (χ3n) is 6.48. The van der Waals surface area contributed by atoms with Gasteiger partial charge in [-0.3, -0.25) is 14.4 Å². The highest BCUT2D eigenvalue weighted by atomic mass is 32.2. The first-order valence-corrected chi connectivity index (χ1v) is 9.81. The third-order valence-corrected chi connectivity index (χ3v) is 8.18. The van der Waals surface area contributed by atoms with Gasteiger partial charge in [0.15, 0.2) is 21.2 Å². The van der Waals surface area contributed by atoms with Gasteiger partial charge in [-0.25, -0.2) is 0 Å². The second-order valence-corrected chi connectivity index (χ2v) is 9.68. The summed E-state index contributed by atoms with van der Waals surface area (Å²) in [5.41, 5.74) is -0.359. The van der Waals surface area contributed by atoms with Gasteiger partial charge in [0, 0.05) is 13.5 Å². The highest BCUT2D eigenvalue weighted by Crippen LogP contribution is 2.70. The molecule has 0 unspecified atom stereocenters. The van der Waals surface area contributed by atoms with E-state index < -0.39 is 27.2 Å². The van der Waals surface area contributed by atoms with Gasteiger partial charge < -0.3 is 24.0 Å². The number of nitrogens with zero attached hydrogens (tertiary/aromatic N) is 2. The number of likely N-dealkylation sites (N-methyl/N-ethyl adjacent to an activating group) is 1. The molecule has 0 saturated carbocycles. The molecule has 4 aliphatic heterocycles. The van der Waals surface area contributed by atoms with E-state index in [0.717, 1.165) is 5.56 Å². The van der Waals surface area contributed by atoms with Crippen LogP contribution < -0.4 is 9.47 Å². The Kier molecular flexibility index (Phi) is 3.24. The Morgan fingerprint density at radius 3 is 2.64 bits per heavy atom. The summed E-state index contributed by atoms with van der Waals surface area (Å²) in [6.07, 6.45) is 0.195. The Balaban J connectivity index is 1.71.